The lowest BCUT2D eigenvalue weighted by molar-refractivity contribution is 0.0692. The van der Waals surface area contributed by atoms with E-state index in [1.807, 2.05) is 12.3 Å². The third-order valence-corrected chi connectivity index (χ3v) is 6.89. The Hall–Kier alpha value is -1.15. The van der Waals surface area contributed by atoms with Crippen LogP contribution in [0.2, 0.25) is 10.0 Å². The molecule has 1 aromatic carbocycles. The number of carbonyl (C=O) groups is 1. The van der Waals surface area contributed by atoms with Crippen molar-refractivity contribution in [2.75, 3.05) is 11.6 Å². The Balaban J connectivity index is 1.88. The number of thioether (sulfide) groups is 2. The van der Waals surface area contributed by atoms with E-state index in [9.17, 15) is 9.90 Å². The predicted molar refractivity (Wildman–Crippen MR) is 117 cm³/mol. The van der Waals surface area contributed by atoms with Crippen molar-refractivity contribution in [1.82, 2.24) is 9.97 Å². The minimum Gasteiger partial charge on any atom is -0.477 e. The van der Waals surface area contributed by atoms with E-state index in [1.54, 1.807) is 12.1 Å². The fraction of sp³-hybridized carbons (Fsp3) is 0.421. The number of carboxylic acids is 1. The normalized spacial score (nSPS) is 14.8. The van der Waals surface area contributed by atoms with Crippen molar-refractivity contribution in [3.8, 4) is 0 Å². The third-order valence-electron chi connectivity index (χ3n) is 4.56. The number of hydrogen-bond acceptors (Lipinski definition) is 6. The average Bonchev–Trinajstić information content (AvgIpc) is 2.69. The highest BCUT2D eigenvalue weighted by atomic mass is 35.5. The lowest BCUT2D eigenvalue weighted by atomic mass is 9.95. The SMILES string of the molecule is CSc1nc(NC2CCCCC2)c(C(=O)O)c(SCc2ccc(Cl)c(Cl)c2)n1. The Labute approximate surface area is 183 Å². The number of anilines is 1. The fourth-order valence-electron chi connectivity index (χ4n) is 3.13. The molecule has 0 unspecified atom stereocenters. The summed E-state index contributed by atoms with van der Waals surface area (Å²) < 4.78 is 0. The van der Waals surface area contributed by atoms with E-state index in [2.05, 4.69) is 15.3 Å². The summed E-state index contributed by atoms with van der Waals surface area (Å²) >= 11 is 14.8. The van der Waals surface area contributed by atoms with Crippen LogP contribution in [-0.4, -0.2) is 33.3 Å². The van der Waals surface area contributed by atoms with Crippen LogP contribution in [-0.2, 0) is 5.75 Å². The quantitative estimate of drug-likeness (QED) is 0.289. The first kappa shape index (κ1) is 21.6. The van der Waals surface area contributed by atoms with Crippen molar-refractivity contribution >= 4 is 58.5 Å². The Kier molecular flexibility index (Phi) is 7.74. The number of carboxylic acid groups (broad SMARTS) is 1. The van der Waals surface area contributed by atoms with Crippen LogP contribution in [0, 0.1) is 0 Å². The van der Waals surface area contributed by atoms with E-state index in [-0.39, 0.29) is 11.6 Å². The van der Waals surface area contributed by atoms with E-state index in [0.717, 1.165) is 31.2 Å². The lowest BCUT2D eigenvalue weighted by Gasteiger charge is -2.24. The molecule has 1 aliphatic rings. The zero-order chi connectivity index (χ0) is 20.1. The molecule has 0 aliphatic heterocycles. The molecule has 1 fully saturated rings. The molecule has 3 rings (SSSR count). The van der Waals surface area contributed by atoms with Crippen LogP contribution in [0.25, 0.3) is 0 Å². The highest BCUT2D eigenvalue weighted by Gasteiger charge is 2.24. The number of nitrogens with one attached hydrogen (secondary N) is 1. The van der Waals surface area contributed by atoms with Gasteiger partial charge in [-0.25, -0.2) is 14.8 Å². The number of aromatic nitrogens is 2. The van der Waals surface area contributed by atoms with Gasteiger partial charge in [0.1, 0.15) is 16.4 Å². The second-order valence-corrected chi connectivity index (χ2v) is 9.11. The number of hydrogen-bond donors (Lipinski definition) is 2. The molecular formula is C19H21Cl2N3O2S2. The second kappa shape index (κ2) is 10.1. The van der Waals surface area contributed by atoms with Gasteiger partial charge in [0.2, 0.25) is 0 Å². The first-order valence-corrected chi connectivity index (χ1v) is 12.0. The van der Waals surface area contributed by atoms with Gasteiger partial charge in [-0.15, -0.1) is 11.8 Å². The molecule has 2 aromatic rings. The molecule has 1 heterocycles. The Bertz CT molecular complexity index is 861. The van der Waals surface area contributed by atoms with Crippen LogP contribution in [0.5, 0.6) is 0 Å². The minimum atomic E-state index is -1.03. The van der Waals surface area contributed by atoms with Gasteiger partial charge in [-0.1, -0.05) is 60.3 Å². The Morgan fingerprint density at radius 1 is 1.21 bits per heavy atom. The number of benzene rings is 1. The molecule has 1 saturated carbocycles. The molecule has 0 amide bonds. The second-order valence-electron chi connectivity index (χ2n) is 6.56. The van der Waals surface area contributed by atoms with E-state index in [0.29, 0.717) is 31.8 Å². The molecular weight excluding hydrogens is 437 g/mol. The summed E-state index contributed by atoms with van der Waals surface area (Å²) in [6, 6.07) is 5.65. The van der Waals surface area contributed by atoms with Gasteiger partial charge >= 0.3 is 5.97 Å². The molecule has 0 saturated heterocycles. The van der Waals surface area contributed by atoms with Gasteiger partial charge in [0.05, 0.1) is 10.0 Å². The van der Waals surface area contributed by atoms with Crippen molar-refractivity contribution in [3.05, 3.63) is 39.4 Å². The van der Waals surface area contributed by atoms with E-state index < -0.39 is 5.97 Å². The van der Waals surface area contributed by atoms with Crippen LogP contribution in [0.1, 0.15) is 48.0 Å². The van der Waals surface area contributed by atoms with E-state index in [1.165, 1.54) is 29.9 Å². The molecule has 0 spiro atoms. The summed E-state index contributed by atoms with van der Waals surface area (Å²) in [6.07, 6.45) is 7.48. The van der Waals surface area contributed by atoms with Gasteiger partial charge in [-0.2, -0.15) is 0 Å². The summed E-state index contributed by atoms with van der Waals surface area (Å²) in [6.45, 7) is 0. The van der Waals surface area contributed by atoms with Crippen LogP contribution in [0.3, 0.4) is 0 Å². The van der Waals surface area contributed by atoms with Gasteiger partial charge in [0.25, 0.3) is 0 Å². The van der Waals surface area contributed by atoms with Crippen LogP contribution in [0.15, 0.2) is 28.4 Å². The standard InChI is InChI=1S/C19H21Cl2N3O2S2/c1-27-19-23-16(22-12-5-3-2-4-6-12)15(18(25)26)17(24-19)28-10-11-7-8-13(20)14(21)9-11/h7-9,12H,2-6,10H2,1H3,(H,25,26)(H,22,23,24). The zero-order valence-corrected chi connectivity index (χ0v) is 18.5. The largest absolute Gasteiger partial charge is 0.477 e. The highest BCUT2D eigenvalue weighted by molar-refractivity contribution is 7.99. The first-order valence-electron chi connectivity index (χ1n) is 9.00. The van der Waals surface area contributed by atoms with Crippen LogP contribution < -0.4 is 5.32 Å². The minimum absolute atomic E-state index is 0.133. The van der Waals surface area contributed by atoms with Crippen molar-refractivity contribution in [2.24, 2.45) is 0 Å². The molecule has 0 radical (unpaired) electrons. The van der Waals surface area contributed by atoms with Gasteiger partial charge in [0.15, 0.2) is 5.16 Å². The maximum atomic E-state index is 12.0. The summed E-state index contributed by atoms with van der Waals surface area (Å²) in [5.74, 6) is -0.0804. The van der Waals surface area contributed by atoms with Crippen LogP contribution >= 0.6 is 46.7 Å². The fourth-order valence-corrected chi connectivity index (χ4v) is 4.84. The maximum Gasteiger partial charge on any atom is 0.342 e. The Morgan fingerprint density at radius 2 is 1.96 bits per heavy atom. The molecule has 28 heavy (non-hydrogen) atoms. The van der Waals surface area contributed by atoms with Gasteiger partial charge in [-0.3, -0.25) is 0 Å². The highest BCUT2D eigenvalue weighted by Crippen LogP contribution is 2.33. The number of halogens is 2. The summed E-state index contributed by atoms with van der Waals surface area (Å²) in [4.78, 5) is 20.9. The molecule has 9 heteroatoms. The number of aromatic carboxylic acids is 1. The topological polar surface area (TPSA) is 75.1 Å². The molecule has 0 atom stereocenters. The van der Waals surface area contributed by atoms with Gasteiger partial charge < -0.3 is 10.4 Å². The molecule has 5 nitrogen and oxygen atoms in total. The van der Waals surface area contributed by atoms with Gasteiger partial charge in [-0.05, 0) is 36.8 Å². The van der Waals surface area contributed by atoms with Crippen molar-refractivity contribution < 1.29 is 9.90 Å². The maximum absolute atomic E-state index is 12.0. The monoisotopic (exact) mass is 457 g/mol. The summed E-state index contributed by atoms with van der Waals surface area (Å²) in [5, 5.41) is 15.2. The molecule has 1 aliphatic carbocycles. The third kappa shape index (κ3) is 5.47. The van der Waals surface area contributed by atoms with Crippen molar-refractivity contribution in [1.29, 1.82) is 0 Å². The predicted octanol–water partition coefficient (Wildman–Crippen LogP) is 6.24. The molecule has 150 valence electrons. The molecule has 0 bridgehead atoms. The molecule has 2 N–H and O–H groups in total. The lowest BCUT2D eigenvalue weighted by Crippen LogP contribution is -2.25. The number of rotatable bonds is 7. The van der Waals surface area contributed by atoms with Gasteiger partial charge in [0, 0.05) is 11.8 Å². The van der Waals surface area contributed by atoms with Crippen molar-refractivity contribution in [2.45, 2.75) is 54.1 Å². The Morgan fingerprint density at radius 3 is 2.61 bits per heavy atom. The smallest absolute Gasteiger partial charge is 0.342 e. The van der Waals surface area contributed by atoms with Crippen LogP contribution in [0.4, 0.5) is 5.82 Å². The summed E-state index contributed by atoms with van der Waals surface area (Å²) in [5.41, 5.74) is 1.08. The van der Waals surface area contributed by atoms with E-state index >= 15 is 0 Å². The average molecular weight is 458 g/mol. The first-order chi connectivity index (χ1) is 13.5. The summed E-state index contributed by atoms with van der Waals surface area (Å²) in [7, 11) is 0. The zero-order valence-electron chi connectivity index (χ0n) is 15.4. The number of nitrogens with zero attached hydrogens (tertiary/aromatic N) is 2. The van der Waals surface area contributed by atoms with E-state index in [4.69, 9.17) is 23.2 Å². The molecule has 1 aromatic heterocycles. The van der Waals surface area contributed by atoms with Crippen molar-refractivity contribution in [3.63, 3.8) is 0 Å².